The molecule has 156 valence electrons. The molecule has 1 aromatic carbocycles. The van der Waals surface area contributed by atoms with Crippen molar-refractivity contribution >= 4 is 17.7 Å². The monoisotopic (exact) mass is 422 g/mol. The Bertz CT molecular complexity index is 1480. The zero-order valence-electron chi connectivity index (χ0n) is 24.3. The third kappa shape index (κ3) is 4.63. The van der Waals surface area contributed by atoms with E-state index < -0.39 is 32.0 Å². The molecule has 0 atom stereocenters. The molecule has 1 aliphatic heterocycles. The van der Waals surface area contributed by atoms with Crippen LogP contribution in [0.1, 0.15) is 38.1 Å². The Balaban J connectivity index is 1.74. The highest BCUT2D eigenvalue weighted by Gasteiger charge is 2.19. The number of rotatable bonds is 2. The molecule has 0 bridgehead atoms. The van der Waals surface area contributed by atoms with Gasteiger partial charge < -0.3 is 21.1 Å². The molecule has 1 aliphatic rings. The predicted octanol–water partition coefficient (Wildman–Crippen LogP) is 1.88. The normalized spacial score (nSPS) is 23.7. The summed E-state index contributed by atoms with van der Waals surface area (Å²) in [7, 11) is 0. The number of nitrogen functional groups attached to an aromatic ring is 2. The van der Waals surface area contributed by atoms with Crippen molar-refractivity contribution in [2.75, 3.05) is 37.6 Å². The number of morpholine rings is 1. The van der Waals surface area contributed by atoms with Gasteiger partial charge >= 0.3 is 0 Å². The Kier molecular flexibility index (Phi) is 3.60. The quantitative estimate of drug-likeness (QED) is 0.605. The molecule has 0 aliphatic carbocycles. The van der Waals surface area contributed by atoms with Gasteiger partial charge in [-0.3, -0.25) is 4.79 Å². The lowest BCUT2D eigenvalue weighted by atomic mass is 10.0. The van der Waals surface area contributed by atoms with Crippen LogP contribution < -0.4 is 11.5 Å². The molecule has 3 aromatic rings. The van der Waals surface area contributed by atoms with E-state index in [-0.39, 0.29) is 16.4 Å². The van der Waals surface area contributed by atoms with Crippen molar-refractivity contribution in [3.63, 3.8) is 0 Å². The van der Waals surface area contributed by atoms with Gasteiger partial charge in [0.25, 0.3) is 5.91 Å². The smallest absolute Gasteiger partial charge is 0.254 e. The third-order valence-electron chi connectivity index (χ3n) is 4.25. The zero-order valence-corrected chi connectivity index (χ0v) is 16.3. The van der Waals surface area contributed by atoms with E-state index in [1.54, 1.807) is 19.1 Å². The molecule has 8 nitrogen and oxygen atoms in total. The van der Waals surface area contributed by atoms with E-state index >= 15 is 0 Å². The summed E-state index contributed by atoms with van der Waals surface area (Å²) in [6, 6.07) is 8.68. The van der Waals surface area contributed by atoms with E-state index in [9.17, 15) is 4.79 Å². The van der Waals surface area contributed by atoms with Gasteiger partial charge in [0.1, 0.15) is 5.82 Å². The predicted molar refractivity (Wildman–Crippen MR) is 118 cm³/mol. The number of hydrogen-bond donors (Lipinski definition) is 2. The lowest BCUT2D eigenvalue weighted by Gasteiger charge is -2.26. The van der Waals surface area contributed by atoms with Crippen molar-refractivity contribution in [3.05, 3.63) is 65.0 Å². The summed E-state index contributed by atoms with van der Waals surface area (Å²) in [5.41, 5.74) is 13.5. The maximum Gasteiger partial charge on any atom is 0.254 e. The molecule has 4 rings (SSSR count). The third-order valence-corrected chi connectivity index (χ3v) is 4.25. The second kappa shape index (κ2) is 8.81. The summed E-state index contributed by atoms with van der Waals surface area (Å²) in [5, 5.41) is 0. The molecule has 1 amide bonds. The van der Waals surface area contributed by atoms with Crippen LogP contribution >= 0.6 is 0 Å². The molecule has 1 saturated heterocycles. The molecule has 0 unspecified atom stereocenters. The fraction of sp³-hybridized carbons (Fsp3) is 0.217. The van der Waals surface area contributed by atoms with E-state index in [0.29, 0.717) is 33.9 Å². The summed E-state index contributed by atoms with van der Waals surface area (Å²) in [5.74, 6) is 4.96. The molecule has 8 heteroatoms. The van der Waals surface area contributed by atoms with Crippen molar-refractivity contribution in [2.24, 2.45) is 0 Å². The van der Waals surface area contributed by atoms with Crippen LogP contribution in [0.25, 0.3) is 11.3 Å². The number of hydrogen-bond acceptors (Lipinski definition) is 7. The van der Waals surface area contributed by atoms with E-state index in [2.05, 4.69) is 31.5 Å². The molecule has 4 N–H and O–H groups in total. The van der Waals surface area contributed by atoms with Gasteiger partial charge in [-0.05, 0) is 31.2 Å². The van der Waals surface area contributed by atoms with Gasteiger partial charge in [0, 0.05) is 35.9 Å². The fourth-order valence-corrected chi connectivity index (χ4v) is 2.76. The van der Waals surface area contributed by atoms with Gasteiger partial charge in [-0.25, -0.2) is 15.0 Å². The van der Waals surface area contributed by atoms with Crippen molar-refractivity contribution in [3.8, 4) is 23.1 Å². The van der Waals surface area contributed by atoms with Crippen molar-refractivity contribution in [1.82, 2.24) is 19.9 Å². The molecule has 1 fully saturated rings. The van der Waals surface area contributed by atoms with Gasteiger partial charge in [-0.2, -0.15) is 0 Å². The molecular formula is C23H22N6O2. The first kappa shape index (κ1) is 12.7. The zero-order chi connectivity index (χ0) is 29.0. The Morgan fingerprint density at radius 1 is 1.10 bits per heavy atom. The van der Waals surface area contributed by atoms with Gasteiger partial charge in [0.05, 0.1) is 41.0 Å². The lowest BCUT2D eigenvalue weighted by molar-refractivity contribution is 0.0303. The number of benzene rings is 1. The largest absolute Gasteiger partial charge is 0.384 e. The highest BCUT2D eigenvalue weighted by molar-refractivity contribution is 5.94. The number of anilines is 2. The summed E-state index contributed by atoms with van der Waals surface area (Å²) in [6.07, 6.45) is 1.50. The Hall–Kier alpha value is -3.96. The molecule has 0 radical (unpaired) electrons. The minimum absolute atomic E-state index is 0.0264. The number of amides is 1. The second-order valence-corrected chi connectivity index (χ2v) is 6.36. The Labute approximate surface area is 191 Å². The van der Waals surface area contributed by atoms with Crippen LogP contribution in [-0.4, -0.2) is 51.9 Å². The first-order chi connectivity index (χ1) is 18.0. The van der Waals surface area contributed by atoms with Crippen molar-refractivity contribution < 1.29 is 20.5 Å². The minimum atomic E-state index is -3.35. The Morgan fingerprint density at radius 3 is 2.52 bits per heavy atom. The highest BCUT2D eigenvalue weighted by Crippen LogP contribution is 2.25. The number of pyridine rings is 1. The van der Waals surface area contributed by atoms with Crippen molar-refractivity contribution in [2.45, 2.75) is 6.92 Å². The molecule has 3 heterocycles. The average molecular weight is 423 g/mol. The second-order valence-electron chi connectivity index (χ2n) is 6.36. The molecular weight excluding hydrogens is 392 g/mol. The van der Waals surface area contributed by atoms with Gasteiger partial charge in [-0.1, -0.05) is 24.0 Å². The highest BCUT2D eigenvalue weighted by atomic mass is 16.5. The summed E-state index contributed by atoms with van der Waals surface area (Å²) in [6.45, 7) is -11.7. The van der Waals surface area contributed by atoms with Crippen LogP contribution in [0.4, 0.5) is 11.8 Å². The van der Waals surface area contributed by atoms with E-state index in [1.165, 1.54) is 30.5 Å². The standard InChI is InChI=1S/C23H22N6O2/c1-15-19(8-2-16-3-9-20(24)26-14-16)21(28-23(25)27-15)17-4-6-18(7-5-17)22(30)29-10-12-31-13-11-29/h3-7,9,14H,10-13H2,1H3,(H2,24,26)(H2,25,27,28)/i10D2,11D2,12D2,13D2. The van der Waals surface area contributed by atoms with Gasteiger partial charge in [0.2, 0.25) is 5.95 Å². The van der Waals surface area contributed by atoms with Crippen LogP contribution in [0.15, 0.2) is 42.6 Å². The minimum Gasteiger partial charge on any atom is -0.384 e. The van der Waals surface area contributed by atoms with E-state index in [0.717, 1.165) is 0 Å². The van der Waals surface area contributed by atoms with Crippen LogP contribution in [0, 0.1) is 18.8 Å². The first-order valence-corrected chi connectivity index (χ1v) is 9.01. The first-order valence-electron chi connectivity index (χ1n) is 13.0. The van der Waals surface area contributed by atoms with Crippen LogP contribution in [-0.2, 0) is 4.74 Å². The Morgan fingerprint density at radius 2 is 1.84 bits per heavy atom. The lowest BCUT2D eigenvalue weighted by Crippen LogP contribution is -2.40. The molecule has 0 spiro atoms. The topological polar surface area (TPSA) is 120 Å². The number of aryl methyl sites for hydroxylation is 1. The van der Waals surface area contributed by atoms with Gasteiger partial charge in [-0.15, -0.1) is 0 Å². The maximum atomic E-state index is 13.3. The number of nitrogens with zero attached hydrogens (tertiary/aromatic N) is 4. The maximum absolute atomic E-state index is 13.3. The molecule has 31 heavy (non-hydrogen) atoms. The molecule has 0 saturated carbocycles. The van der Waals surface area contributed by atoms with Crippen LogP contribution in [0.5, 0.6) is 0 Å². The van der Waals surface area contributed by atoms with Gasteiger partial charge in [0.15, 0.2) is 0 Å². The number of nitrogens with two attached hydrogens (primary N) is 2. The summed E-state index contributed by atoms with van der Waals surface area (Å²) in [4.78, 5) is 25.6. The summed E-state index contributed by atoms with van der Waals surface area (Å²) >= 11 is 0. The molecule has 2 aromatic heterocycles. The summed E-state index contributed by atoms with van der Waals surface area (Å²) < 4.78 is 68.0. The number of carbonyl (C=O) groups excluding carboxylic acids is 1. The number of carbonyl (C=O) groups is 1. The number of ether oxygens (including phenoxy) is 1. The number of aromatic nitrogens is 3. The van der Waals surface area contributed by atoms with Crippen LogP contribution in [0.2, 0.25) is 0 Å². The van der Waals surface area contributed by atoms with Crippen LogP contribution in [0.3, 0.4) is 0 Å². The average Bonchev–Trinajstić information content (AvgIpc) is 2.82. The van der Waals surface area contributed by atoms with E-state index in [1.807, 2.05) is 0 Å². The SMILES string of the molecule is [2H]C1([2H])OC([2H])([2H])C([2H])([2H])N(C(=O)c2ccc(-c3nc(N)nc(C)c3C#Cc3ccc(N)nc3)cc2)C1([2H])[2H]. The van der Waals surface area contributed by atoms with E-state index in [4.69, 9.17) is 22.4 Å². The van der Waals surface area contributed by atoms with Crippen molar-refractivity contribution in [1.29, 1.82) is 0 Å². The fourth-order valence-electron chi connectivity index (χ4n) is 2.76.